The van der Waals surface area contributed by atoms with E-state index < -0.39 is 11.6 Å². The molecule has 0 aliphatic carbocycles. The molecule has 118 valence electrons. The molecule has 2 aliphatic rings. The van der Waals surface area contributed by atoms with Crippen LogP contribution < -0.4 is 10.6 Å². The summed E-state index contributed by atoms with van der Waals surface area (Å²) in [5.41, 5.74) is -0.934. The molecule has 2 aliphatic heterocycles. The molecule has 0 bridgehead atoms. The zero-order valence-corrected chi connectivity index (χ0v) is 12.6. The first-order valence-corrected chi connectivity index (χ1v) is 7.39. The van der Waals surface area contributed by atoms with E-state index >= 15 is 0 Å². The van der Waals surface area contributed by atoms with E-state index in [1.54, 1.807) is 13.8 Å². The van der Waals surface area contributed by atoms with E-state index in [0.29, 0.717) is 12.5 Å². The largest absolute Gasteiger partial charge is 0.381 e. The monoisotopic (exact) mass is 297 g/mol. The fourth-order valence-electron chi connectivity index (χ4n) is 2.61. The average Bonchev–Trinajstić information content (AvgIpc) is 2.62. The molecule has 2 saturated heterocycles. The van der Waals surface area contributed by atoms with Crippen LogP contribution in [-0.2, 0) is 14.3 Å². The minimum absolute atomic E-state index is 0.227. The summed E-state index contributed by atoms with van der Waals surface area (Å²) in [7, 11) is 0. The number of ether oxygens (including phenoxy) is 1. The fraction of sp³-hybridized carbons (Fsp3) is 0.786. The van der Waals surface area contributed by atoms with Gasteiger partial charge in [0.1, 0.15) is 12.1 Å². The van der Waals surface area contributed by atoms with Crippen molar-refractivity contribution in [3.05, 3.63) is 0 Å². The summed E-state index contributed by atoms with van der Waals surface area (Å²) in [6.07, 6.45) is 3.05. The van der Waals surface area contributed by atoms with Crippen LogP contribution >= 0.6 is 0 Å². The van der Waals surface area contributed by atoms with E-state index in [2.05, 4.69) is 10.6 Å². The van der Waals surface area contributed by atoms with Gasteiger partial charge >= 0.3 is 6.03 Å². The van der Waals surface area contributed by atoms with Crippen molar-refractivity contribution in [3.63, 3.8) is 0 Å². The summed E-state index contributed by atoms with van der Waals surface area (Å²) < 4.78 is 5.38. The minimum atomic E-state index is -0.934. The molecule has 0 aromatic rings. The van der Waals surface area contributed by atoms with Crippen molar-refractivity contribution >= 4 is 17.8 Å². The number of hydrogen-bond acceptors (Lipinski definition) is 4. The molecule has 21 heavy (non-hydrogen) atoms. The number of carbonyl (C=O) groups excluding carboxylic acids is 3. The van der Waals surface area contributed by atoms with Crippen molar-refractivity contribution in [1.82, 2.24) is 15.5 Å². The lowest BCUT2D eigenvalue weighted by molar-refractivity contribution is -0.134. The van der Waals surface area contributed by atoms with Gasteiger partial charge < -0.3 is 15.4 Å². The Bertz CT molecular complexity index is 430. The Morgan fingerprint density at radius 1 is 1.48 bits per heavy atom. The highest BCUT2D eigenvalue weighted by Gasteiger charge is 2.44. The van der Waals surface area contributed by atoms with Gasteiger partial charge in [-0.15, -0.1) is 0 Å². The molecule has 4 amide bonds. The highest BCUT2D eigenvalue weighted by molar-refractivity contribution is 6.08. The van der Waals surface area contributed by atoms with Crippen molar-refractivity contribution < 1.29 is 19.1 Å². The second-order valence-electron chi connectivity index (χ2n) is 6.17. The predicted octanol–water partition coefficient (Wildman–Crippen LogP) is 0.250. The summed E-state index contributed by atoms with van der Waals surface area (Å²) >= 11 is 0. The zero-order chi connectivity index (χ0) is 15.5. The third-order valence-electron chi connectivity index (χ3n) is 3.88. The van der Waals surface area contributed by atoms with E-state index in [4.69, 9.17) is 4.74 Å². The van der Waals surface area contributed by atoms with Crippen molar-refractivity contribution in [2.45, 2.75) is 38.6 Å². The Morgan fingerprint density at radius 3 is 2.81 bits per heavy atom. The Labute approximate surface area is 124 Å². The lowest BCUT2D eigenvalue weighted by atomic mass is 9.99. The van der Waals surface area contributed by atoms with Gasteiger partial charge in [-0.2, -0.15) is 0 Å². The van der Waals surface area contributed by atoms with Crippen molar-refractivity contribution in [1.29, 1.82) is 0 Å². The van der Waals surface area contributed by atoms with E-state index in [9.17, 15) is 14.4 Å². The number of carbonyl (C=O) groups is 3. The van der Waals surface area contributed by atoms with Crippen LogP contribution in [0.25, 0.3) is 0 Å². The lowest BCUT2D eigenvalue weighted by Gasteiger charge is -2.22. The zero-order valence-electron chi connectivity index (χ0n) is 12.6. The molecule has 0 aromatic carbocycles. The summed E-state index contributed by atoms with van der Waals surface area (Å²) in [6.45, 7) is 5.12. The molecule has 0 spiro atoms. The van der Waals surface area contributed by atoms with Crippen LogP contribution in [0.15, 0.2) is 0 Å². The minimum Gasteiger partial charge on any atom is -0.381 e. The first-order valence-electron chi connectivity index (χ1n) is 7.39. The molecule has 2 rings (SSSR count). The van der Waals surface area contributed by atoms with Gasteiger partial charge in [0.15, 0.2) is 0 Å². The Hall–Kier alpha value is -1.63. The summed E-state index contributed by atoms with van der Waals surface area (Å²) in [6, 6.07) is -0.513. The molecule has 1 atom stereocenters. The van der Waals surface area contributed by atoms with Gasteiger partial charge in [0.05, 0.1) is 0 Å². The fourth-order valence-corrected chi connectivity index (χ4v) is 2.61. The Morgan fingerprint density at radius 2 is 2.24 bits per heavy atom. The lowest BCUT2D eigenvalue weighted by Crippen LogP contribution is -2.43. The SMILES string of the molecule is CC1(C)NC(=O)N(CC(=O)NCC[C@@H]2CCCOC2)C1=O. The maximum Gasteiger partial charge on any atom is 0.325 e. The molecular weight excluding hydrogens is 274 g/mol. The van der Waals surface area contributed by atoms with Crippen LogP contribution in [0.3, 0.4) is 0 Å². The summed E-state index contributed by atoms with van der Waals surface area (Å²) in [5, 5.41) is 5.30. The molecule has 7 nitrogen and oxygen atoms in total. The highest BCUT2D eigenvalue weighted by atomic mass is 16.5. The number of nitrogens with zero attached hydrogens (tertiary/aromatic N) is 1. The van der Waals surface area contributed by atoms with E-state index in [1.807, 2.05) is 0 Å². The third kappa shape index (κ3) is 3.93. The van der Waals surface area contributed by atoms with E-state index in [1.165, 1.54) is 0 Å². The second-order valence-corrected chi connectivity index (χ2v) is 6.17. The van der Waals surface area contributed by atoms with Crippen LogP contribution in [0.1, 0.15) is 33.1 Å². The first kappa shape index (κ1) is 15.8. The van der Waals surface area contributed by atoms with Crippen LogP contribution in [0.4, 0.5) is 4.79 Å². The van der Waals surface area contributed by atoms with Crippen LogP contribution in [0, 0.1) is 5.92 Å². The molecule has 7 heteroatoms. The Kier molecular flexibility index (Phi) is 4.82. The Balaban J connectivity index is 1.72. The predicted molar refractivity (Wildman–Crippen MR) is 75.5 cm³/mol. The van der Waals surface area contributed by atoms with Gasteiger partial charge in [-0.1, -0.05) is 0 Å². The molecule has 2 N–H and O–H groups in total. The van der Waals surface area contributed by atoms with Crippen molar-refractivity contribution in [3.8, 4) is 0 Å². The molecule has 0 radical (unpaired) electrons. The van der Waals surface area contributed by atoms with Gasteiger partial charge in [-0.25, -0.2) is 4.79 Å². The number of amides is 4. The van der Waals surface area contributed by atoms with E-state index in [-0.39, 0.29) is 18.4 Å². The van der Waals surface area contributed by atoms with Crippen LogP contribution in [-0.4, -0.2) is 54.6 Å². The standard InChI is InChI=1S/C14H23N3O4/c1-14(2)12(19)17(13(20)16-14)8-11(18)15-6-5-10-4-3-7-21-9-10/h10H,3-9H2,1-2H3,(H,15,18)(H,16,20)/t10-/m0/s1. The molecule has 0 saturated carbocycles. The molecule has 0 aromatic heterocycles. The molecule has 2 fully saturated rings. The summed E-state index contributed by atoms with van der Waals surface area (Å²) in [5.74, 6) is -0.203. The topological polar surface area (TPSA) is 87.7 Å². The van der Waals surface area contributed by atoms with Gasteiger partial charge in [0, 0.05) is 19.8 Å². The molecule has 0 unspecified atom stereocenters. The first-order chi connectivity index (χ1) is 9.90. The number of hydrogen-bond donors (Lipinski definition) is 2. The van der Waals surface area contributed by atoms with Crippen LogP contribution in [0.2, 0.25) is 0 Å². The maximum absolute atomic E-state index is 11.9. The smallest absolute Gasteiger partial charge is 0.325 e. The number of urea groups is 1. The van der Waals surface area contributed by atoms with Crippen molar-refractivity contribution in [2.24, 2.45) is 5.92 Å². The van der Waals surface area contributed by atoms with E-state index in [0.717, 1.165) is 37.4 Å². The van der Waals surface area contributed by atoms with Crippen LogP contribution in [0.5, 0.6) is 0 Å². The van der Waals surface area contributed by atoms with Gasteiger partial charge in [-0.05, 0) is 39.0 Å². The molecular formula is C14H23N3O4. The van der Waals surface area contributed by atoms with Gasteiger partial charge in [0.25, 0.3) is 5.91 Å². The average molecular weight is 297 g/mol. The number of rotatable bonds is 5. The number of imide groups is 1. The van der Waals surface area contributed by atoms with Gasteiger partial charge in [-0.3, -0.25) is 14.5 Å². The summed E-state index contributed by atoms with van der Waals surface area (Å²) in [4.78, 5) is 36.4. The normalized spacial score (nSPS) is 24.9. The number of nitrogens with one attached hydrogen (secondary N) is 2. The second kappa shape index (κ2) is 6.43. The third-order valence-corrected chi connectivity index (χ3v) is 3.88. The van der Waals surface area contributed by atoms with Crippen molar-refractivity contribution in [2.75, 3.05) is 26.3 Å². The maximum atomic E-state index is 11.9. The van der Waals surface area contributed by atoms with Gasteiger partial charge in [0.2, 0.25) is 5.91 Å². The quantitative estimate of drug-likeness (QED) is 0.712. The molecule has 2 heterocycles. The highest BCUT2D eigenvalue weighted by Crippen LogP contribution is 2.17.